The van der Waals surface area contributed by atoms with Crippen LogP contribution >= 0.6 is 0 Å². The Kier molecular flexibility index (Phi) is 4.67. The van der Waals surface area contributed by atoms with E-state index in [0.717, 1.165) is 25.4 Å². The van der Waals surface area contributed by atoms with Gasteiger partial charge in [-0.2, -0.15) is 0 Å². The van der Waals surface area contributed by atoms with Crippen molar-refractivity contribution in [3.05, 3.63) is 54.1 Å². The largest absolute Gasteiger partial charge is 0.369 e. The van der Waals surface area contributed by atoms with Gasteiger partial charge in [-0.1, -0.05) is 30.3 Å². The molecule has 1 aliphatic carbocycles. The van der Waals surface area contributed by atoms with Crippen LogP contribution in [-0.2, 0) is 11.3 Å². The number of nitrogens with one attached hydrogen (secondary N) is 1. The van der Waals surface area contributed by atoms with Crippen LogP contribution in [0.25, 0.3) is 0 Å². The second-order valence-corrected chi connectivity index (χ2v) is 7.05. The minimum Gasteiger partial charge on any atom is -0.369 e. The van der Waals surface area contributed by atoms with Gasteiger partial charge >= 0.3 is 0 Å². The topological polar surface area (TPSA) is 39.1 Å². The van der Waals surface area contributed by atoms with Gasteiger partial charge in [0.1, 0.15) is 11.9 Å². The Morgan fingerprint density at radius 3 is 2.88 bits per heavy atom. The fourth-order valence-corrected chi connectivity index (χ4v) is 4.11. The van der Waals surface area contributed by atoms with Gasteiger partial charge in [-0.25, -0.2) is 4.98 Å². The molecule has 1 saturated carbocycles. The summed E-state index contributed by atoms with van der Waals surface area (Å²) in [5.74, 6) is 1.79. The predicted octanol–water partition coefficient (Wildman–Crippen LogP) is 3.66. The van der Waals surface area contributed by atoms with Gasteiger partial charge < -0.3 is 14.6 Å². The molecule has 1 aromatic heterocycles. The molecule has 0 amide bonds. The SMILES string of the molecule is CCn1ccnc1[C@H]1OCCC[C@@H]1NC1CC(c2ccccc2)C1. The number of imidazole rings is 1. The van der Waals surface area contributed by atoms with Gasteiger partial charge in [0.15, 0.2) is 0 Å². The fraction of sp³-hybridized carbons (Fsp3) is 0.550. The highest BCUT2D eigenvalue weighted by Crippen LogP contribution is 2.38. The zero-order valence-electron chi connectivity index (χ0n) is 14.4. The third-order valence-corrected chi connectivity index (χ3v) is 5.52. The normalized spacial score (nSPS) is 30.0. The molecule has 1 saturated heterocycles. The maximum atomic E-state index is 6.11. The summed E-state index contributed by atoms with van der Waals surface area (Å²) in [5, 5.41) is 3.87. The van der Waals surface area contributed by atoms with E-state index in [-0.39, 0.29) is 6.10 Å². The van der Waals surface area contributed by atoms with Crippen LogP contribution in [0, 0.1) is 0 Å². The molecular weight excluding hydrogens is 298 g/mol. The van der Waals surface area contributed by atoms with Crippen LogP contribution in [0.4, 0.5) is 0 Å². The van der Waals surface area contributed by atoms with Crippen molar-refractivity contribution in [2.45, 2.75) is 63.3 Å². The molecule has 128 valence electrons. The monoisotopic (exact) mass is 325 g/mol. The summed E-state index contributed by atoms with van der Waals surface area (Å²) < 4.78 is 8.32. The molecule has 24 heavy (non-hydrogen) atoms. The van der Waals surface area contributed by atoms with E-state index in [2.05, 4.69) is 58.3 Å². The van der Waals surface area contributed by atoms with Crippen molar-refractivity contribution in [1.29, 1.82) is 0 Å². The Morgan fingerprint density at radius 1 is 1.25 bits per heavy atom. The minimum absolute atomic E-state index is 0.0875. The van der Waals surface area contributed by atoms with Crippen LogP contribution in [-0.4, -0.2) is 28.2 Å². The molecule has 2 aromatic rings. The van der Waals surface area contributed by atoms with E-state index in [4.69, 9.17) is 4.74 Å². The maximum Gasteiger partial charge on any atom is 0.139 e. The summed E-state index contributed by atoms with van der Waals surface area (Å²) in [5.41, 5.74) is 1.48. The fourth-order valence-electron chi connectivity index (χ4n) is 4.11. The van der Waals surface area contributed by atoms with Crippen LogP contribution in [0.15, 0.2) is 42.7 Å². The molecule has 2 fully saturated rings. The Morgan fingerprint density at radius 2 is 2.08 bits per heavy atom. The second-order valence-electron chi connectivity index (χ2n) is 7.05. The first-order valence-corrected chi connectivity index (χ1v) is 9.28. The lowest BCUT2D eigenvalue weighted by Crippen LogP contribution is -2.50. The van der Waals surface area contributed by atoms with Crippen molar-refractivity contribution in [2.24, 2.45) is 0 Å². The van der Waals surface area contributed by atoms with Gasteiger partial charge in [-0.3, -0.25) is 0 Å². The van der Waals surface area contributed by atoms with Crippen molar-refractivity contribution in [3.8, 4) is 0 Å². The average Bonchev–Trinajstić information content (AvgIpc) is 3.07. The number of hydrogen-bond acceptors (Lipinski definition) is 3. The van der Waals surface area contributed by atoms with Gasteiger partial charge in [0.05, 0.1) is 0 Å². The van der Waals surface area contributed by atoms with Crippen LogP contribution < -0.4 is 5.32 Å². The first kappa shape index (κ1) is 15.9. The number of aryl methyl sites for hydroxylation is 1. The summed E-state index contributed by atoms with van der Waals surface area (Å²) in [6, 6.07) is 11.9. The molecule has 4 rings (SSSR count). The molecule has 2 aliphatic rings. The van der Waals surface area contributed by atoms with E-state index < -0.39 is 0 Å². The van der Waals surface area contributed by atoms with E-state index >= 15 is 0 Å². The lowest BCUT2D eigenvalue weighted by atomic mass is 9.75. The first-order chi connectivity index (χ1) is 11.8. The van der Waals surface area contributed by atoms with Crippen molar-refractivity contribution < 1.29 is 4.74 Å². The maximum absolute atomic E-state index is 6.11. The Bertz CT molecular complexity index is 648. The zero-order valence-corrected chi connectivity index (χ0v) is 14.4. The van der Waals surface area contributed by atoms with Crippen LogP contribution in [0.2, 0.25) is 0 Å². The van der Waals surface area contributed by atoms with Crippen LogP contribution in [0.3, 0.4) is 0 Å². The molecule has 2 heterocycles. The van der Waals surface area contributed by atoms with Gasteiger partial charge in [-0.05, 0) is 44.1 Å². The highest BCUT2D eigenvalue weighted by Gasteiger charge is 2.36. The molecule has 0 radical (unpaired) electrons. The van der Waals surface area contributed by atoms with Gasteiger partial charge in [0.25, 0.3) is 0 Å². The molecule has 0 unspecified atom stereocenters. The summed E-state index contributed by atoms with van der Waals surface area (Å²) >= 11 is 0. The van der Waals surface area contributed by atoms with Gasteiger partial charge in [-0.15, -0.1) is 0 Å². The van der Waals surface area contributed by atoms with Gasteiger partial charge in [0.2, 0.25) is 0 Å². The molecule has 1 N–H and O–H groups in total. The Balaban J connectivity index is 1.38. The quantitative estimate of drug-likeness (QED) is 0.912. The van der Waals surface area contributed by atoms with Crippen molar-refractivity contribution in [2.75, 3.05) is 6.61 Å². The molecule has 0 spiro atoms. The molecular formula is C20H27N3O. The van der Waals surface area contributed by atoms with Crippen molar-refractivity contribution in [3.63, 3.8) is 0 Å². The van der Waals surface area contributed by atoms with Crippen LogP contribution in [0.1, 0.15) is 56.0 Å². The summed E-state index contributed by atoms with van der Waals surface area (Å²) in [6.45, 7) is 3.95. The first-order valence-electron chi connectivity index (χ1n) is 9.28. The third-order valence-electron chi connectivity index (χ3n) is 5.52. The molecule has 2 atom stereocenters. The number of aromatic nitrogens is 2. The van der Waals surface area contributed by atoms with Crippen molar-refractivity contribution >= 4 is 0 Å². The number of nitrogens with zero attached hydrogens (tertiary/aromatic N) is 2. The Labute approximate surface area is 144 Å². The summed E-state index contributed by atoms with van der Waals surface area (Å²) in [7, 11) is 0. The second kappa shape index (κ2) is 7.08. The van der Waals surface area contributed by atoms with Gasteiger partial charge in [0, 0.05) is 37.6 Å². The Hall–Kier alpha value is -1.65. The molecule has 1 aromatic carbocycles. The smallest absolute Gasteiger partial charge is 0.139 e. The minimum atomic E-state index is 0.0875. The molecule has 0 bridgehead atoms. The van der Waals surface area contributed by atoms with E-state index in [1.54, 1.807) is 0 Å². The summed E-state index contributed by atoms with van der Waals surface area (Å²) in [6.07, 6.45) is 8.81. The summed E-state index contributed by atoms with van der Waals surface area (Å²) in [4.78, 5) is 4.57. The van der Waals surface area contributed by atoms with E-state index in [9.17, 15) is 0 Å². The van der Waals surface area contributed by atoms with E-state index in [1.165, 1.54) is 24.8 Å². The number of ether oxygens (including phenoxy) is 1. The van der Waals surface area contributed by atoms with E-state index in [0.29, 0.717) is 18.0 Å². The lowest BCUT2D eigenvalue weighted by Gasteiger charge is -2.42. The average molecular weight is 325 g/mol. The zero-order chi connectivity index (χ0) is 16.4. The lowest BCUT2D eigenvalue weighted by molar-refractivity contribution is -0.0243. The number of hydrogen-bond donors (Lipinski definition) is 1. The number of rotatable bonds is 5. The molecule has 1 aliphatic heterocycles. The standard InChI is InChI=1S/C20H27N3O/c1-2-23-11-10-21-20(23)19-18(9-6-12-24-19)22-17-13-16(14-17)15-7-4-3-5-8-15/h3-5,7-8,10-11,16-19,22H,2,6,9,12-14H2,1H3/t16?,17?,18-,19-/m0/s1. The highest BCUT2D eigenvalue weighted by atomic mass is 16.5. The predicted molar refractivity (Wildman–Crippen MR) is 95.0 cm³/mol. The third kappa shape index (κ3) is 3.13. The number of benzene rings is 1. The molecule has 4 nitrogen and oxygen atoms in total. The molecule has 4 heteroatoms. The van der Waals surface area contributed by atoms with E-state index in [1.807, 2.05) is 6.20 Å². The highest BCUT2D eigenvalue weighted by molar-refractivity contribution is 5.23. The van der Waals surface area contributed by atoms with Crippen molar-refractivity contribution in [1.82, 2.24) is 14.9 Å². The van der Waals surface area contributed by atoms with Crippen LogP contribution in [0.5, 0.6) is 0 Å².